The van der Waals surface area contributed by atoms with E-state index in [0.29, 0.717) is 24.6 Å². The van der Waals surface area contributed by atoms with Gasteiger partial charge in [0.25, 0.3) is 0 Å². The van der Waals surface area contributed by atoms with Crippen LogP contribution in [0.1, 0.15) is 12.8 Å². The van der Waals surface area contributed by atoms with Crippen molar-refractivity contribution in [3.63, 3.8) is 0 Å². The SMILES string of the molecule is COC(=O)N1CCC[C@H](C(=O)Nc2cccnc2N(C)C)C1. The Hall–Kier alpha value is -2.31. The molecule has 1 aliphatic heterocycles. The van der Waals surface area contributed by atoms with Crippen molar-refractivity contribution in [1.29, 1.82) is 0 Å². The number of likely N-dealkylation sites (tertiary alicyclic amines) is 1. The van der Waals surface area contributed by atoms with Crippen LogP contribution in [0.5, 0.6) is 0 Å². The molecule has 1 N–H and O–H groups in total. The summed E-state index contributed by atoms with van der Waals surface area (Å²) in [5.41, 5.74) is 0.674. The van der Waals surface area contributed by atoms with Crippen molar-refractivity contribution in [2.45, 2.75) is 12.8 Å². The number of amides is 2. The van der Waals surface area contributed by atoms with E-state index in [4.69, 9.17) is 4.74 Å². The Kier molecular flexibility index (Phi) is 5.19. The van der Waals surface area contributed by atoms with Crippen LogP contribution >= 0.6 is 0 Å². The maximum Gasteiger partial charge on any atom is 0.409 e. The van der Waals surface area contributed by atoms with Crippen molar-refractivity contribution in [2.24, 2.45) is 5.92 Å². The van der Waals surface area contributed by atoms with E-state index in [1.165, 1.54) is 7.11 Å². The number of carbonyl (C=O) groups is 2. The number of nitrogens with zero attached hydrogens (tertiary/aromatic N) is 3. The summed E-state index contributed by atoms with van der Waals surface area (Å²) < 4.78 is 4.73. The number of carbonyl (C=O) groups excluding carboxylic acids is 2. The average molecular weight is 306 g/mol. The minimum absolute atomic E-state index is 0.0929. The molecule has 1 atom stereocenters. The molecular formula is C15H22N4O3. The second kappa shape index (κ2) is 7.11. The Morgan fingerprint density at radius 2 is 2.23 bits per heavy atom. The van der Waals surface area contributed by atoms with E-state index in [9.17, 15) is 9.59 Å². The van der Waals surface area contributed by atoms with Crippen molar-refractivity contribution in [2.75, 3.05) is 44.5 Å². The largest absolute Gasteiger partial charge is 0.453 e. The molecule has 0 saturated carbocycles. The van der Waals surface area contributed by atoms with Crippen LogP contribution in [0.3, 0.4) is 0 Å². The molecule has 1 aromatic rings. The molecule has 0 radical (unpaired) electrons. The Bertz CT molecular complexity index is 547. The maximum absolute atomic E-state index is 12.5. The summed E-state index contributed by atoms with van der Waals surface area (Å²) in [7, 11) is 5.10. The third-order valence-corrected chi connectivity index (χ3v) is 3.69. The van der Waals surface area contributed by atoms with Crippen molar-refractivity contribution in [1.82, 2.24) is 9.88 Å². The van der Waals surface area contributed by atoms with Crippen molar-refractivity contribution in [3.05, 3.63) is 18.3 Å². The predicted molar refractivity (Wildman–Crippen MR) is 83.9 cm³/mol. The number of anilines is 2. The molecule has 120 valence electrons. The first-order valence-corrected chi connectivity index (χ1v) is 7.29. The lowest BCUT2D eigenvalue weighted by Gasteiger charge is -2.31. The van der Waals surface area contributed by atoms with Crippen LogP contribution in [-0.2, 0) is 9.53 Å². The molecule has 0 aliphatic carbocycles. The van der Waals surface area contributed by atoms with Gasteiger partial charge in [0.05, 0.1) is 18.7 Å². The van der Waals surface area contributed by atoms with Gasteiger partial charge in [-0.1, -0.05) is 0 Å². The second-order valence-corrected chi connectivity index (χ2v) is 5.51. The molecule has 7 heteroatoms. The monoisotopic (exact) mass is 306 g/mol. The standard InChI is InChI=1S/C15H22N4O3/c1-18(2)13-12(7-4-8-16-13)17-14(20)11-6-5-9-19(10-11)15(21)22-3/h4,7-8,11H,5-6,9-10H2,1-3H3,(H,17,20)/t11-/m0/s1. The highest BCUT2D eigenvalue weighted by molar-refractivity contribution is 5.95. The quantitative estimate of drug-likeness (QED) is 0.917. The van der Waals surface area contributed by atoms with E-state index in [1.54, 1.807) is 17.2 Å². The van der Waals surface area contributed by atoms with Crippen LogP contribution in [0.25, 0.3) is 0 Å². The molecule has 0 bridgehead atoms. The van der Waals surface area contributed by atoms with Gasteiger partial charge in [0, 0.05) is 33.4 Å². The van der Waals surface area contributed by atoms with Crippen LogP contribution < -0.4 is 10.2 Å². The lowest BCUT2D eigenvalue weighted by atomic mass is 9.97. The Morgan fingerprint density at radius 3 is 2.91 bits per heavy atom. The second-order valence-electron chi connectivity index (χ2n) is 5.51. The Labute approximate surface area is 130 Å². The fraction of sp³-hybridized carbons (Fsp3) is 0.533. The van der Waals surface area contributed by atoms with E-state index >= 15 is 0 Å². The summed E-state index contributed by atoms with van der Waals surface area (Å²) in [6.07, 6.45) is 2.86. The third kappa shape index (κ3) is 3.66. The molecule has 1 fully saturated rings. The predicted octanol–water partition coefficient (Wildman–Crippen LogP) is 1.56. The number of rotatable bonds is 3. The molecule has 0 aromatic carbocycles. The molecule has 1 aliphatic rings. The lowest BCUT2D eigenvalue weighted by molar-refractivity contribution is -0.121. The fourth-order valence-corrected chi connectivity index (χ4v) is 2.57. The van der Waals surface area contributed by atoms with Crippen LogP contribution in [0.2, 0.25) is 0 Å². The van der Waals surface area contributed by atoms with E-state index in [2.05, 4.69) is 10.3 Å². The molecule has 2 rings (SSSR count). The van der Waals surface area contributed by atoms with Crippen molar-refractivity contribution >= 4 is 23.5 Å². The molecular weight excluding hydrogens is 284 g/mol. The molecule has 1 aromatic heterocycles. The molecule has 1 saturated heterocycles. The number of nitrogens with one attached hydrogen (secondary N) is 1. The van der Waals surface area contributed by atoms with E-state index in [0.717, 1.165) is 12.8 Å². The fourth-order valence-electron chi connectivity index (χ4n) is 2.57. The van der Waals surface area contributed by atoms with Gasteiger partial charge in [0.1, 0.15) is 0 Å². The molecule has 7 nitrogen and oxygen atoms in total. The van der Waals surface area contributed by atoms with Gasteiger partial charge in [-0.25, -0.2) is 9.78 Å². The molecule has 0 spiro atoms. The zero-order chi connectivity index (χ0) is 16.1. The topological polar surface area (TPSA) is 74.8 Å². The zero-order valence-corrected chi connectivity index (χ0v) is 13.2. The van der Waals surface area contributed by atoms with Gasteiger partial charge in [-0.2, -0.15) is 0 Å². The first kappa shape index (κ1) is 16.1. The third-order valence-electron chi connectivity index (χ3n) is 3.69. The number of ether oxygens (including phenoxy) is 1. The number of piperidine rings is 1. The van der Waals surface area contributed by atoms with Crippen molar-refractivity contribution < 1.29 is 14.3 Å². The molecule has 2 heterocycles. The first-order valence-electron chi connectivity index (χ1n) is 7.29. The zero-order valence-electron chi connectivity index (χ0n) is 13.2. The van der Waals surface area contributed by atoms with Crippen LogP contribution in [0, 0.1) is 5.92 Å². The normalized spacial score (nSPS) is 17.8. The maximum atomic E-state index is 12.5. The highest BCUT2D eigenvalue weighted by Crippen LogP contribution is 2.23. The van der Waals surface area contributed by atoms with Crippen LogP contribution in [0.4, 0.5) is 16.3 Å². The van der Waals surface area contributed by atoms with Crippen molar-refractivity contribution in [3.8, 4) is 0 Å². The lowest BCUT2D eigenvalue weighted by Crippen LogP contribution is -2.43. The number of methoxy groups -OCH3 is 1. The summed E-state index contributed by atoms with van der Waals surface area (Å²) in [5, 5.41) is 2.92. The number of hydrogen-bond acceptors (Lipinski definition) is 5. The van der Waals surface area contributed by atoms with E-state index in [-0.39, 0.29) is 17.9 Å². The first-order chi connectivity index (χ1) is 10.5. The summed E-state index contributed by atoms with van der Waals surface area (Å²) in [4.78, 5) is 31.7. The summed E-state index contributed by atoms with van der Waals surface area (Å²) >= 11 is 0. The van der Waals surface area contributed by atoms with E-state index in [1.807, 2.05) is 25.1 Å². The van der Waals surface area contributed by atoms with Gasteiger partial charge in [-0.05, 0) is 25.0 Å². The number of pyridine rings is 1. The minimum Gasteiger partial charge on any atom is -0.453 e. The van der Waals surface area contributed by atoms with Gasteiger partial charge in [0.15, 0.2) is 5.82 Å². The van der Waals surface area contributed by atoms with Crippen LogP contribution in [-0.4, -0.2) is 56.2 Å². The van der Waals surface area contributed by atoms with Gasteiger partial charge < -0.3 is 19.9 Å². The van der Waals surface area contributed by atoms with Crippen LogP contribution in [0.15, 0.2) is 18.3 Å². The Morgan fingerprint density at radius 1 is 1.45 bits per heavy atom. The van der Waals surface area contributed by atoms with Gasteiger partial charge in [0.2, 0.25) is 5.91 Å². The van der Waals surface area contributed by atoms with Gasteiger partial charge in [-0.3, -0.25) is 4.79 Å². The number of aromatic nitrogens is 1. The van der Waals surface area contributed by atoms with Gasteiger partial charge in [-0.15, -0.1) is 0 Å². The minimum atomic E-state index is -0.382. The van der Waals surface area contributed by atoms with Gasteiger partial charge >= 0.3 is 6.09 Å². The summed E-state index contributed by atoms with van der Waals surface area (Å²) in [5.74, 6) is 0.379. The molecule has 2 amide bonds. The van der Waals surface area contributed by atoms with E-state index < -0.39 is 0 Å². The molecule has 0 unspecified atom stereocenters. The summed E-state index contributed by atoms with van der Waals surface area (Å²) in [6.45, 7) is 1.02. The smallest absolute Gasteiger partial charge is 0.409 e. The Balaban J connectivity index is 2.05. The average Bonchev–Trinajstić information content (AvgIpc) is 2.54. The number of hydrogen-bond donors (Lipinski definition) is 1. The molecule has 22 heavy (non-hydrogen) atoms. The highest BCUT2D eigenvalue weighted by atomic mass is 16.5. The highest BCUT2D eigenvalue weighted by Gasteiger charge is 2.29. The summed E-state index contributed by atoms with van der Waals surface area (Å²) in [6, 6.07) is 3.60.